The van der Waals surface area contributed by atoms with Crippen LogP contribution in [-0.2, 0) is 19.9 Å². The molecule has 3 rings (SSSR count). The molecule has 3 aromatic rings. The lowest BCUT2D eigenvalue weighted by molar-refractivity contribution is -0.163. The Morgan fingerprint density at radius 2 is 1.42 bits per heavy atom. The smallest absolute Gasteiger partial charge is 0.348 e. The Morgan fingerprint density at radius 3 is 1.97 bits per heavy atom. The number of hydrogen-bond acceptors (Lipinski definition) is 4. The fraction of sp³-hybridized carbons (Fsp3) is 0.231. The van der Waals surface area contributed by atoms with Crippen molar-refractivity contribution < 1.29 is 19.4 Å². The van der Waals surface area contributed by atoms with Crippen LogP contribution in [0.2, 0.25) is 0 Å². The molecule has 0 heterocycles. The number of nitrogens with one attached hydrogen (secondary N) is 1. The summed E-state index contributed by atoms with van der Waals surface area (Å²) in [6, 6.07) is 24.7. The van der Waals surface area contributed by atoms with Crippen LogP contribution in [0.15, 0.2) is 84.9 Å². The van der Waals surface area contributed by atoms with Crippen LogP contribution in [0.3, 0.4) is 0 Å². The number of rotatable bonds is 8. The molecule has 0 bridgehead atoms. The maximum absolute atomic E-state index is 13.0. The largest absolute Gasteiger partial charge is 0.453 e. The topological polar surface area (TPSA) is 75.6 Å². The molecule has 1 amide bonds. The van der Waals surface area contributed by atoms with Crippen molar-refractivity contribution in [2.24, 2.45) is 0 Å². The summed E-state index contributed by atoms with van der Waals surface area (Å²) in [5, 5.41) is 14.2. The van der Waals surface area contributed by atoms with Gasteiger partial charge in [-0.25, -0.2) is 4.79 Å². The van der Waals surface area contributed by atoms with Gasteiger partial charge in [-0.3, -0.25) is 4.79 Å². The zero-order chi connectivity index (χ0) is 22.3. The van der Waals surface area contributed by atoms with Gasteiger partial charge in [0, 0.05) is 5.69 Å². The Bertz CT molecular complexity index is 978. The highest BCUT2D eigenvalue weighted by Crippen LogP contribution is 2.31. The monoisotopic (exact) mass is 417 g/mol. The van der Waals surface area contributed by atoms with Crippen molar-refractivity contribution in [3.05, 3.63) is 102 Å². The van der Waals surface area contributed by atoms with E-state index >= 15 is 0 Å². The molecule has 0 spiro atoms. The van der Waals surface area contributed by atoms with Gasteiger partial charge in [0.25, 0.3) is 5.91 Å². The molecule has 0 fully saturated rings. The van der Waals surface area contributed by atoms with Gasteiger partial charge < -0.3 is 15.2 Å². The first kappa shape index (κ1) is 22.2. The van der Waals surface area contributed by atoms with Gasteiger partial charge in [-0.05, 0) is 35.1 Å². The molecule has 0 radical (unpaired) electrons. The summed E-state index contributed by atoms with van der Waals surface area (Å²) in [5.41, 5.74) is 0.439. The number of anilines is 1. The maximum atomic E-state index is 13.0. The number of esters is 1. The predicted molar refractivity (Wildman–Crippen MR) is 121 cm³/mol. The minimum absolute atomic E-state index is 0.278. The van der Waals surface area contributed by atoms with Gasteiger partial charge in [-0.2, -0.15) is 0 Å². The lowest BCUT2D eigenvalue weighted by Gasteiger charge is -2.27. The SMILES string of the molecule is CC[C@H](C)c1ccccc1NC(=O)COC(=O)C(O)(c1ccccc1)c1ccccc1. The Morgan fingerprint density at radius 1 is 0.903 bits per heavy atom. The Hall–Kier alpha value is -3.44. The third-order valence-corrected chi connectivity index (χ3v) is 5.39. The number of amides is 1. The van der Waals surface area contributed by atoms with E-state index in [0.29, 0.717) is 16.8 Å². The van der Waals surface area contributed by atoms with E-state index in [-0.39, 0.29) is 5.92 Å². The summed E-state index contributed by atoms with van der Waals surface area (Å²) >= 11 is 0. The van der Waals surface area contributed by atoms with Crippen molar-refractivity contribution in [2.75, 3.05) is 11.9 Å². The summed E-state index contributed by atoms with van der Waals surface area (Å²) in [6.07, 6.45) is 0.934. The Labute approximate surface area is 182 Å². The molecule has 0 unspecified atom stereocenters. The molecule has 5 nitrogen and oxygen atoms in total. The average Bonchev–Trinajstić information content (AvgIpc) is 2.83. The van der Waals surface area contributed by atoms with E-state index in [9.17, 15) is 14.7 Å². The van der Waals surface area contributed by atoms with Crippen LogP contribution in [-0.4, -0.2) is 23.6 Å². The molecule has 3 aromatic carbocycles. The number of aliphatic hydroxyl groups is 1. The number of benzene rings is 3. The number of ether oxygens (including phenoxy) is 1. The summed E-state index contributed by atoms with van der Waals surface area (Å²) in [7, 11) is 0. The van der Waals surface area contributed by atoms with Gasteiger partial charge in [-0.1, -0.05) is 92.7 Å². The third kappa shape index (κ3) is 5.01. The van der Waals surface area contributed by atoms with E-state index in [4.69, 9.17) is 4.74 Å². The van der Waals surface area contributed by atoms with Crippen molar-refractivity contribution in [1.82, 2.24) is 0 Å². The summed E-state index contributed by atoms with van der Waals surface area (Å²) < 4.78 is 5.28. The second kappa shape index (κ2) is 10.0. The first-order chi connectivity index (χ1) is 15.0. The normalized spacial score (nSPS) is 12.1. The van der Waals surface area contributed by atoms with Gasteiger partial charge in [0.15, 0.2) is 6.61 Å². The highest BCUT2D eigenvalue weighted by atomic mass is 16.6. The van der Waals surface area contributed by atoms with Gasteiger partial charge in [0.1, 0.15) is 0 Å². The molecule has 0 saturated heterocycles. The van der Waals surface area contributed by atoms with Crippen LogP contribution in [0, 0.1) is 0 Å². The Balaban J connectivity index is 1.76. The van der Waals surface area contributed by atoms with Crippen LogP contribution in [0.5, 0.6) is 0 Å². The van der Waals surface area contributed by atoms with Crippen LogP contribution in [0.25, 0.3) is 0 Å². The molecular formula is C26H27NO4. The first-order valence-corrected chi connectivity index (χ1v) is 10.4. The quantitative estimate of drug-likeness (QED) is 0.525. The molecule has 0 aliphatic heterocycles. The molecule has 0 aromatic heterocycles. The minimum atomic E-state index is -2.02. The minimum Gasteiger partial charge on any atom is -0.453 e. The van der Waals surface area contributed by atoms with E-state index in [1.54, 1.807) is 60.7 Å². The summed E-state index contributed by atoms with van der Waals surface area (Å²) in [5.74, 6) is -1.09. The van der Waals surface area contributed by atoms with Gasteiger partial charge in [0.05, 0.1) is 0 Å². The summed E-state index contributed by atoms with van der Waals surface area (Å²) in [4.78, 5) is 25.5. The van der Waals surface area contributed by atoms with E-state index < -0.39 is 24.1 Å². The lowest BCUT2D eigenvalue weighted by atomic mass is 9.86. The highest BCUT2D eigenvalue weighted by molar-refractivity contribution is 5.94. The molecule has 1 atom stereocenters. The van der Waals surface area contributed by atoms with Crippen LogP contribution >= 0.6 is 0 Å². The van der Waals surface area contributed by atoms with Crippen molar-refractivity contribution in [3.63, 3.8) is 0 Å². The van der Waals surface area contributed by atoms with E-state index in [1.165, 1.54) is 0 Å². The van der Waals surface area contributed by atoms with Gasteiger partial charge in [0.2, 0.25) is 5.60 Å². The van der Waals surface area contributed by atoms with E-state index in [2.05, 4.69) is 19.2 Å². The molecule has 160 valence electrons. The summed E-state index contributed by atoms with van der Waals surface area (Å²) in [6.45, 7) is 3.67. The van der Waals surface area contributed by atoms with Crippen molar-refractivity contribution >= 4 is 17.6 Å². The standard InChI is InChI=1S/C26H27NO4/c1-3-19(2)22-16-10-11-17-23(22)27-24(28)18-31-25(29)26(30,20-12-6-4-7-13-20)21-14-8-5-9-15-21/h4-17,19,30H,3,18H2,1-2H3,(H,27,28)/t19-/m0/s1. The fourth-order valence-electron chi connectivity index (χ4n) is 3.44. The molecule has 0 aliphatic rings. The van der Waals surface area contributed by atoms with Crippen molar-refractivity contribution in [3.8, 4) is 0 Å². The molecule has 31 heavy (non-hydrogen) atoms. The Kier molecular flexibility index (Phi) is 7.21. The lowest BCUT2D eigenvalue weighted by Crippen LogP contribution is -2.39. The molecular weight excluding hydrogens is 390 g/mol. The molecule has 5 heteroatoms. The van der Waals surface area contributed by atoms with E-state index in [0.717, 1.165) is 12.0 Å². The highest BCUT2D eigenvalue weighted by Gasteiger charge is 2.41. The third-order valence-electron chi connectivity index (χ3n) is 5.39. The zero-order valence-electron chi connectivity index (χ0n) is 17.7. The predicted octanol–water partition coefficient (Wildman–Crippen LogP) is 4.62. The van der Waals surface area contributed by atoms with Crippen molar-refractivity contribution in [1.29, 1.82) is 0 Å². The molecule has 0 aliphatic carbocycles. The number of hydrogen-bond donors (Lipinski definition) is 2. The van der Waals surface area contributed by atoms with Gasteiger partial charge >= 0.3 is 5.97 Å². The van der Waals surface area contributed by atoms with E-state index in [1.807, 2.05) is 24.3 Å². The second-order valence-corrected chi connectivity index (χ2v) is 7.46. The number of carbonyl (C=O) groups excluding carboxylic acids is 2. The maximum Gasteiger partial charge on any atom is 0.348 e. The van der Waals surface area contributed by atoms with Gasteiger partial charge in [-0.15, -0.1) is 0 Å². The molecule has 0 saturated carbocycles. The number of para-hydroxylation sites is 1. The van der Waals surface area contributed by atoms with Crippen LogP contribution in [0.1, 0.15) is 42.9 Å². The fourth-order valence-corrected chi connectivity index (χ4v) is 3.44. The van der Waals surface area contributed by atoms with Crippen molar-refractivity contribution in [2.45, 2.75) is 31.8 Å². The van der Waals surface area contributed by atoms with Crippen LogP contribution < -0.4 is 5.32 Å². The first-order valence-electron chi connectivity index (χ1n) is 10.4. The second-order valence-electron chi connectivity index (χ2n) is 7.46. The average molecular weight is 418 g/mol. The zero-order valence-corrected chi connectivity index (χ0v) is 17.7. The van der Waals surface area contributed by atoms with Crippen LogP contribution in [0.4, 0.5) is 5.69 Å². The molecule has 2 N–H and O–H groups in total. The number of carbonyl (C=O) groups is 2.